The van der Waals surface area contributed by atoms with Gasteiger partial charge >= 0.3 is 6.18 Å². The summed E-state index contributed by atoms with van der Waals surface area (Å²) in [6, 6.07) is 8.18. The van der Waals surface area contributed by atoms with E-state index in [-0.39, 0.29) is 17.5 Å². The fraction of sp³-hybridized carbons (Fsp3) is 0.333. The molecule has 0 radical (unpaired) electrons. The lowest BCUT2D eigenvalue weighted by atomic mass is 10.2. The highest BCUT2D eigenvalue weighted by molar-refractivity contribution is 7.99. The zero-order valence-corrected chi connectivity index (χ0v) is 17.7. The van der Waals surface area contributed by atoms with Gasteiger partial charge in [0, 0.05) is 30.3 Å². The summed E-state index contributed by atoms with van der Waals surface area (Å²) in [6.07, 6.45) is 0.793. The van der Waals surface area contributed by atoms with Crippen LogP contribution in [0.2, 0.25) is 0 Å². The third-order valence-electron chi connectivity index (χ3n) is 4.87. The molecule has 32 heavy (non-hydrogen) atoms. The molecule has 168 valence electrons. The van der Waals surface area contributed by atoms with Crippen molar-refractivity contribution < 1.29 is 22.7 Å². The molecule has 1 aromatic carbocycles. The molecular formula is C21H20F3N5O2S. The van der Waals surface area contributed by atoms with Crippen LogP contribution in [0.4, 0.5) is 18.9 Å². The summed E-state index contributed by atoms with van der Waals surface area (Å²) in [5.41, 5.74) is 0.107. The largest absolute Gasteiger partial charge is 0.416 e. The molecule has 1 amide bonds. The predicted octanol–water partition coefficient (Wildman–Crippen LogP) is 4.27. The molecule has 1 fully saturated rings. The van der Waals surface area contributed by atoms with Crippen LogP contribution in [-0.4, -0.2) is 44.1 Å². The second kappa shape index (κ2) is 9.70. The van der Waals surface area contributed by atoms with Gasteiger partial charge in [0.25, 0.3) is 0 Å². The van der Waals surface area contributed by atoms with Crippen LogP contribution in [0, 0.1) is 0 Å². The number of amides is 1. The van der Waals surface area contributed by atoms with E-state index in [0.717, 1.165) is 30.5 Å². The highest BCUT2D eigenvalue weighted by Crippen LogP contribution is 2.31. The summed E-state index contributed by atoms with van der Waals surface area (Å²) in [5, 5.41) is 11.6. The van der Waals surface area contributed by atoms with E-state index in [9.17, 15) is 18.0 Å². The number of pyridine rings is 1. The van der Waals surface area contributed by atoms with Crippen LogP contribution < -0.4 is 5.32 Å². The van der Waals surface area contributed by atoms with Crippen molar-refractivity contribution in [3.8, 4) is 11.4 Å². The Labute approximate surface area is 186 Å². The minimum atomic E-state index is -4.47. The third kappa shape index (κ3) is 5.46. The van der Waals surface area contributed by atoms with Gasteiger partial charge in [-0.05, 0) is 43.2 Å². The quantitative estimate of drug-likeness (QED) is 0.527. The number of carbonyl (C=O) groups is 1. The summed E-state index contributed by atoms with van der Waals surface area (Å²) in [5.74, 6) is 0.172. The number of nitrogens with zero attached hydrogens (tertiary/aromatic N) is 4. The Morgan fingerprint density at radius 3 is 2.75 bits per heavy atom. The molecule has 0 saturated carbocycles. The molecule has 0 unspecified atom stereocenters. The molecule has 3 heterocycles. The van der Waals surface area contributed by atoms with Crippen molar-refractivity contribution in [3.05, 3.63) is 54.4 Å². The van der Waals surface area contributed by atoms with Crippen molar-refractivity contribution in [3.63, 3.8) is 0 Å². The van der Waals surface area contributed by atoms with Crippen molar-refractivity contribution in [2.75, 3.05) is 17.7 Å². The summed E-state index contributed by atoms with van der Waals surface area (Å²) in [6.45, 7) is 1.25. The Kier molecular flexibility index (Phi) is 6.75. The van der Waals surface area contributed by atoms with E-state index in [1.54, 1.807) is 12.4 Å². The topological polar surface area (TPSA) is 81.9 Å². The van der Waals surface area contributed by atoms with E-state index in [2.05, 4.69) is 20.5 Å². The normalized spacial score (nSPS) is 16.3. The van der Waals surface area contributed by atoms with E-state index in [4.69, 9.17) is 4.74 Å². The van der Waals surface area contributed by atoms with Crippen LogP contribution in [-0.2, 0) is 22.3 Å². The minimum Gasteiger partial charge on any atom is -0.376 e. The van der Waals surface area contributed by atoms with E-state index in [0.29, 0.717) is 24.1 Å². The molecule has 0 aliphatic carbocycles. The number of ether oxygens (including phenoxy) is 1. The average Bonchev–Trinajstić information content (AvgIpc) is 3.43. The molecule has 3 aromatic rings. The summed E-state index contributed by atoms with van der Waals surface area (Å²) < 4.78 is 46.3. The molecule has 2 aromatic heterocycles. The van der Waals surface area contributed by atoms with Crippen molar-refractivity contribution in [1.82, 2.24) is 19.7 Å². The molecule has 0 spiro atoms. The lowest BCUT2D eigenvalue weighted by Crippen LogP contribution is -2.18. The number of thioether (sulfide) groups is 1. The number of hydrogen-bond acceptors (Lipinski definition) is 6. The molecular weight excluding hydrogens is 443 g/mol. The minimum absolute atomic E-state index is 0.0315. The molecule has 7 nitrogen and oxygen atoms in total. The monoisotopic (exact) mass is 463 g/mol. The average molecular weight is 463 g/mol. The van der Waals surface area contributed by atoms with Gasteiger partial charge in [0.1, 0.15) is 0 Å². The van der Waals surface area contributed by atoms with Crippen LogP contribution in [0.1, 0.15) is 18.4 Å². The van der Waals surface area contributed by atoms with Gasteiger partial charge in [-0.25, -0.2) is 0 Å². The molecule has 1 aliphatic heterocycles. The lowest BCUT2D eigenvalue weighted by molar-refractivity contribution is -0.137. The SMILES string of the molecule is O=C(CSc1nnc(-c2ccncc2)n1C[C@H]1CCCO1)Nc1cccc(C(F)(F)F)c1. The molecule has 1 aliphatic rings. The smallest absolute Gasteiger partial charge is 0.376 e. The first-order valence-corrected chi connectivity index (χ1v) is 10.9. The van der Waals surface area contributed by atoms with Crippen LogP contribution in [0.3, 0.4) is 0 Å². The highest BCUT2D eigenvalue weighted by atomic mass is 32.2. The van der Waals surface area contributed by atoms with Crippen molar-refractivity contribution in [1.29, 1.82) is 0 Å². The van der Waals surface area contributed by atoms with Gasteiger partial charge in [-0.1, -0.05) is 17.8 Å². The Morgan fingerprint density at radius 2 is 2.03 bits per heavy atom. The van der Waals surface area contributed by atoms with Gasteiger partial charge in [-0.2, -0.15) is 13.2 Å². The van der Waals surface area contributed by atoms with Gasteiger partial charge in [-0.3, -0.25) is 14.3 Å². The van der Waals surface area contributed by atoms with Gasteiger partial charge in [0.05, 0.1) is 24.0 Å². The molecule has 1 N–H and O–H groups in total. The Bertz CT molecular complexity index is 1070. The van der Waals surface area contributed by atoms with E-state index in [1.165, 1.54) is 23.9 Å². The summed E-state index contributed by atoms with van der Waals surface area (Å²) in [4.78, 5) is 16.4. The molecule has 1 atom stereocenters. The zero-order valence-electron chi connectivity index (χ0n) is 16.9. The zero-order chi connectivity index (χ0) is 22.6. The fourth-order valence-electron chi connectivity index (χ4n) is 3.37. The van der Waals surface area contributed by atoms with Crippen LogP contribution >= 0.6 is 11.8 Å². The van der Waals surface area contributed by atoms with Crippen molar-refractivity contribution in [2.24, 2.45) is 0 Å². The number of aromatic nitrogens is 4. The Balaban J connectivity index is 1.47. The van der Waals surface area contributed by atoms with E-state index >= 15 is 0 Å². The van der Waals surface area contributed by atoms with Gasteiger partial charge in [0.2, 0.25) is 5.91 Å². The number of benzene rings is 1. The molecule has 4 rings (SSSR count). The number of rotatable bonds is 7. The fourth-order valence-corrected chi connectivity index (χ4v) is 4.11. The van der Waals surface area contributed by atoms with Crippen molar-refractivity contribution >= 4 is 23.4 Å². The second-order valence-electron chi connectivity index (χ2n) is 7.20. The van der Waals surface area contributed by atoms with Crippen molar-refractivity contribution in [2.45, 2.75) is 36.8 Å². The predicted molar refractivity (Wildman–Crippen MR) is 113 cm³/mol. The summed E-state index contributed by atoms with van der Waals surface area (Å²) in [7, 11) is 0. The Hall–Kier alpha value is -2.92. The van der Waals surface area contributed by atoms with Gasteiger partial charge in [-0.15, -0.1) is 10.2 Å². The first-order chi connectivity index (χ1) is 15.4. The summed E-state index contributed by atoms with van der Waals surface area (Å²) >= 11 is 1.17. The van der Waals surface area contributed by atoms with Gasteiger partial charge < -0.3 is 10.1 Å². The highest BCUT2D eigenvalue weighted by Gasteiger charge is 2.30. The van der Waals surface area contributed by atoms with Crippen LogP contribution in [0.25, 0.3) is 11.4 Å². The first kappa shape index (κ1) is 22.3. The molecule has 0 bridgehead atoms. The van der Waals surface area contributed by atoms with E-state index in [1.807, 2.05) is 16.7 Å². The van der Waals surface area contributed by atoms with Crippen LogP contribution in [0.15, 0.2) is 53.9 Å². The number of carbonyl (C=O) groups excluding carboxylic acids is 1. The second-order valence-corrected chi connectivity index (χ2v) is 8.15. The lowest BCUT2D eigenvalue weighted by Gasteiger charge is -2.14. The maximum absolute atomic E-state index is 12.9. The third-order valence-corrected chi connectivity index (χ3v) is 5.84. The molecule has 1 saturated heterocycles. The first-order valence-electron chi connectivity index (χ1n) is 9.95. The van der Waals surface area contributed by atoms with E-state index < -0.39 is 17.6 Å². The number of alkyl halides is 3. The Morgan fingerprint density at radius 1 is 1.22 bits per heavy atom. The number of hydrogen-bond donors (Lipinski definition) is 1. The number of anilines is 1. The maximum Gasteiger partial charge on any atom is 0.416 e. The van der Waals surface area contributed by atoms with Gasteiger partial charge in [0.15, 0.2) is 11.0 Å². The van der Waals surface area contributed by atoms with Crippen LogP contribution in [0.5, 0.6) is 0 Å². The number of nitrogens with one attached hydrogen (secondary N) is 1. The number of halogens is 3. The molecule has 11 heteroatoms. The standard InChI is InChI=1S/C21H20F3N5O2S/c22-21(23,24)15-3-1-4-16(11-15)26-18(30)13-32-20-28-27-19(14-6-8-25-9-7-14)29(20)12-17-5-2-10-31-17/h1,3-4,6-9,11,17H,2,5,10,12-13H2,(H,26,30)/t17-/m1/s1. The maximum atomic E-state index is 12.9.